The molecule has 3 heteroatoms. The SMILES string of the molecule is Cc1ccc([Si](OCC2NC3CC(C3)C2C)c2ccccc2)cc1. The van der Waals surface area contributed by atoms with Crippen LogP contribution in [0.4, 0.5) is 0 Å². The fourth-order valence-electron chi connectivity index (χ4n) is 4.01. The van der Waals surface area contributed by atoms with E-state index in [-0.39, 0.29) is 0 Å². The van der Waals surface area contributed by atoms with Gasteiger partial charge in [0.2, 0.25) is 0 Å². The van der Waals surface area contributed by atoms with Crippen LogP contribution in [0.2, 0.25) is 0 Å². The number of fused-ring (bicyclic) bond motifs is 2. The van der Waals surface area contributed by atoms with E-state index in [2.05, 4.69) is 73.8 Å². The Morgan fingerprint density at radius 2 is 1.67 bits per heavy atom. The normalized spacial score (nSPS) is 28.6. The number of hydrogen-bond donors (Lipinski definition) is 1. The molecular formula is C21H26NOSi. The molecule has 0 amide bonds. The molecule has 1 N–H and O–H groups in total. The maximum atomic E-state index is 6.57. The highest BCUT2D eigenvalue weighted by Crippen LogP contribution is 2.40. The minimum Gasteiger partial charge on any atom is -0.406 e. The van der Waals surface area contributed by atoms with E-state index in [0.717, 1.165) is 24.5 Å². The first kappa shape index (κ1) is 16.1. The maximum Gasteiger partial charge on any atom is 0.282 e. The molecule has 2 aromatic rings. The number of benzene rings is 2. The molecule has 3 fully saturated rings. The van der Waals surface area contributed by atoms with Gasteiger partial charge in [-0.1, -0.05) is 67.1 Å². The summed E-state index contributed by atoms with van der Waals surface area (Å²) in [6.45, 7) is 5.35. The molecule has 0 spiro atoms. The van der Waals surface area contributed by atoms with Crippen molar-refractivity contribution < 1.29 is 4.43 Å². The Morgan fingerprint density at radius 3 is 2.33 bits per heavy atom. The van der Waals surface area contributed by atoms with E-state index >= 15 is 0 Å². The third-order valence-corrected chi connectivity index (χ3v) is 7.93. The first-order chi connectivity index (χ1) is 11.7. The van der Waals surface area contributed by atoms with Crippen LogP contribution in [0.3, 0.4) is 0 Å². The van der Waals surface area contributed by atoms with Crippen molar-refractivity contribution in [3.63, 3.8) is 0 Å². The lowest BCUT2D eigenvalue weighted by Crippen LogP contribution is -2.61. The van der Waals surface area contributed by atoms with Crippen LogP contribution in [0, 0.1) is 18.8 Å². The monoisotopic (exact) mass is 336 g/mol. The number of hydrogen-bond acceptors (Lipinski definition) is 2. The van der Waals surface area contributed by atoms with Crippen molar-refractivity contribution >= 4 is 19.4 Å². The molecule has 2 bridgehead atoms. The van der Waals surface area contributed by atoms with Gasteiger partial charge < -0.3 is 9.74 Å². The van der Waals surface area contributed by atoms with E-state index in [1.165, 1.54) is 28.8 Å². The molecule has 1 radical (unpaired) electrons. The largest absolute Gasteiger partial charge is 0.406 e. The molecule has 2 heterocycles. The van der Waals surface area contributed by atoms with Crippen molar-refractivity contribution in [3.05, 3.63) is 60.2 Å². The van der Waals surface area contributed by atoms with Crippen LogP contribution in [0.15, 0.2) is 54.6 Å². The highest BCUT2D eigenvalue weighted by Gasteiger charge is 2.43. The second-order valence-electron chi connectivity index (χ2n) is 7.43. The van der Waals surface area contributed by atoms with Crippen LogP contribution in [0.25, 0.3) is 0 Å². The summed E-state index contributed by atoms with van der Waals surface area (Å²) in [6.07, 6.45) is 2.73. The smallest absolute Gasteiger partial charge is 0.282 e. The lowest BCUT2D eigenvalue weighted by atomic mass is 9.66. The molecule has 2 aromatic carbocycles. The van der Waals surface area contributed by atoms with E-state index in [1.807, 2.05) is 0 Å². The van der Waals surface area contributed by atoms with E-state index in [9.17, 15) is 0 Å². The van der Waals surface area contributed by atoms with Gasteiger partial charge >= 0.3 is 0 Å². The molecule has 1 aliphatic carbocycles. The van der Waals surface area contributed by atoms with Crippen LogP contribution in [0.1, 0.15) is 25.3 Å². The summed E-state index contributed by atoms with van der Waals surface area (Å²) >= 11 is 0. The summed E-state index contributed by atoms with van der Waals surface area (Å²) in [5.41, 5.74) is 1.30. The van der Waals surface area contributed by atoms with Crippen molar-refractivity contribution in [2.24, 2.45) is 11.8 Å². The zero-order valence-corrected chi connectivity index (χ0v) is 15.5. The Hall–Kier alpha value is -1.42. The average Bonchev–Trinajstić information content (AvgIpc) is 2.58. The Bertz CT molecular complexity index is 666. The van der Waals surface area contributed by atoms with Crippen molar-refractivity contribution in [2.75, 3.05) is 6.61 Å². The van der Waals surface area contributed by atoms with Gasteiger partial charge in [-0.05, 0) is 42.0 Å². The molecule has 24 heavy (non-hydrogen) atoms. The number of nitrogens with one attached hydrogen (secondary N) is 1. The first-order valence-corrected chi connectivity index (χ1v) is 10.5. The Labute approximate surface area is 147 Å². The van der Waals surface area contributed by atoms with Crippen molar-refractivity contribution in [1.29, 1.82) is 0 Å². The Morgan fingerprint density at radius 1 is 1.00 bits per heavy atom. The van der Waals surface area contributed by atoms with Gasteiger partial charge in [0, 0.05) is 12.1 Å². The third-order valence-electron chi connectivity index (χ3n) is 5.76. The van der Waals surface area contributed by atoms with E-state index in [1.54, 1.807) is 0 Å². The number of rotatable bonds is 5. The number of piperidine rings is 2. The van der Waals surface area contributed by atoms with Gasteiger partial charge in [-0.25, -0.2) is 0 Å². The second-order valence-corrected chi connectivity index (χ2v) is 9.53. The third kappa shape index (κ3) is 3.21. The van der Waals surface area contributed by atoms with Gasteiger partial charge in [-0.15, -0.1) is 0 Å². The fourth-order valence-corrected chi connectivity index (χ4v) is 5.99. The molecule has 0 aromatic heterocycles. The van der Waals surface area contributed by atoms with Crippen LogP contribution < -0.4 is 15.7 Å². The fraction of sp³-hybridized carbons (Fsp3) is 0.429. The predicted molar refractivity (Wildman–Crippen MR) is 101 cm³/mol. The van der Waals surface area contributed by atoms with Gasteiger partial charge in [0.05, 0.1) is 6.61 Å². The molecule has 2 nitrogen and oxygen atoms in total. The molecule has 5 rings (SSSR count). The van der Waals surface area contributed by atoms with Crippen LogP contribution in [-0.2, 0) is 4.43 Å². The summed E-state index contributed by atoms with van der Waals surface area (Å²) in [4.78, 5) is 0. The molecule has 3 aliphatic rings. The minimum atomic E-state index is -1.18. The van der Waals surface area contributed by atoms with E-state index < -0.39 is 9.04 Å². The lowest BCUT2D eigenvalue weighted by Gasteiger charge is -2.51. The van der Waals surface area contributed by atoms with E-state index in [0.29, 0.717) is 6.04 Å². The number of aryl methyl sites for hydroxylation is 1. The molecule has 2 atom stereocenters. The Balaban J connectivity index is 1.51. The van der Waals surface area contributed by atoms with Crippen LogP contribution in [-0.4, -0.2) is 27.7 Å². The zero-order chi connectivity index (χ0) is 16.5. The molecule has 1 saturated carbocycles. The molecule has 2 aliphatic heterocycles. The molecule has 2 unspecified atom stereocenters. The highest BCUT2D eigenvalue weighted by atomic mass is 28.3. The molecule has 125 valence electrons. The minimum absolute atomic E-state index is 0.511. The molecular weight excluding hydrogens is 310 g/mol. The van der Waals surface area contributed by atoms with Gasteiger partial charge in [0.1, 0.15) is 0 Å². The topological polar surface area (TPSA) is 21.3 Å². The average molecular weight is 337 g/mol. The van der Waals surface area contributed by atoms with Gasteiger partial charge in [0.25, 0.3) is 9.04 Å². The first-order valence-electron chi connectivity index (χ1n) is 9.09. The van der Waals surface area contributed by atoms with Gasteiger partial charge in [-0.2, -0.15) is 0 Å². The zero-order valence-electron chi connectivity index (χ0n) is 14.5. The summed E-state index contributed by atoms with van der Waals surface area (Å²) in [7, 11) is -1.18. The van der Waals surface area contributed by atoms with E-state index in [4.69, 9.17) is 4.43 Å². The summed E-state index contributed by atoms with van der Waals surface area (Å²) < 4.78 is 6.57. The highest BCUT2D eigenvalue weighted by molar-refractivity contribution is 6.80. The summed E-state index contributed by atoms with van der Waals surface area (Å²) in [5.74, 6) is 1.64. The van der Waals surface area contributed by atoms with Crippen molar-refractivity contribution in [2.45, 2.75) is 38.8 Å². The van der Waals surface area contributed by atoms with Crippen molar-refractivity contribution in [3.8, 4) is 0 Å². The van der Waals surface area contributed by atoms with Crippen LogP contribution in [0.5, 0.6) is 0 Å². The quantitative estimate of drug-likeness (QED) is 0.847. The van der Waals surface area contributed by atoms with Crippen molar-refractivity contribution in [1.82, 2.24) is 5.32 Å². The van der Waals surface area contributed by atoms with Gasteiger partial charge in [0.15, 0.2) is 0 Å². The summed E-state index contributed by atoms with van der Waals surface area (Å²) in [5, 5.41) is 6.46. The predicted octanol–water partition coefficient (Wildman–Crippen LogP) is 2.50. The summed E-state index contributed by atoms with van der Waals surface area (Å²) in [6, 6.07) is 20.9. The second kappa shape index (κ2) is 6.83. The Kier molecular flexibility index (Phi) is 4.57. The van der Waals surface area contributed by atoms with Crippen LogP contribution >= 0.6 is 0 Å². The maximum absolute atomic E-state index is 6.57. The standard InChI is InChI=1S/C21H26NOSi/c1-15-8-10-20(11-9-15)24(19-6-4-3-5-7-19)23-14-21-16(2)17-12-18(13-17)22-21/h3-11,16-18,21-22H,12-14H2,1-2H3. The molecule has 2 saturated heterocycles. The lowest BCUT2D eigenvalue weighted by molar-refractivity contribution is 0.0337. The van der Waals surface area contributed by atoms with Gasteiger partial charge in [-0.3, -0.25) is 0 Å².